The van der Waals surface area contributed by atoms with Crippen molar-refractivity contribution in [3.05, 3.63) is 35.9 Å². The van der Waals surface area contributed by atoms with E-state index >= 15 is 0 Å². The number of nitrogens with one attached hydrogen (secondary N) is 2. The van der Waals surface area contributed by atoms with Gasteiger partial charge in [-0.1, -0.05) is 30.3 Å². The number of carbonyl (C=O) groups excluding carboxylic acids is 1. The Kier molecular flexibility index (Phi) is 12.1. The fraction of sp³-hybridized carbons (Fsp3) is 0.200. The van der Waals surface area contributed by atoms with Crippen molar-refractivity contribution in [2.45, 2.75) is 13.8 Å². The average Bonchev–Trinajstić information content (AvgIpc) is 2.64. The average molecular weight is 441 g/mol. The first-order valence-corrected chi connectivity index (χ1v) is 7.90. The van der Waals surface area contributed by atoms with E-state index in [-0.39, 0.29) is 35.6 Å². The van der Waals surface area contributed by atoms with E-state index < -0.39 is 0 Å². The predicted octanol–water partition coefficient (Wildman–Crippen LogP) is 1.22. The molecule has 0 spiro atoms. The molecule has 1 rings (SSSR count). The van der Waals surface area contributed by atoms with Crippen molar-refractivity contribution in [2.75, 3.05) is 7.05 Å². The molecule has 0 radical (unpaired) electrons. The number of hydrazone groups is 1. The van der Waals surface area contributed by atoms with E-state index in [4.69, 9.17) is 25.3 Å². The van der Waals surface area contributed by atoms with Gasteiger partial charge in [-0.25, -0.2) is 0 Å². The SMILES string of the molecule is CNC([S-])=NN=C(C)C(C)=NN=C([S-])N/N=C/C(=O)c1ccccc1.[Zn+2]. The van der Waals surface area contributed by atoms with Gasteiger partial charge in [-0.15, -0.1) is 0 Å². The maximum absolute atomic E-state index is 11.8. The van der Waals surface area contributed by atoms with Crippen LogP contribution in [0.3, 0.4) is 0 Å². The number of benzene rings is 1. The third kappa shape index (κ3) is 9.40. The second-order valence-electron chi connectivity index (χ2n) is 4.53. The predicted molar refractivity (Wildman–Crippen MR) is 107 cm³/mol. The van der Waals surface area contributed by atoms with Gasteiger partial charge >= 0.3 is 19.5 Å². The van der Waals surface area contributed by atoms with E-state index in [1.54, 1.807) is 45.2 Å². The summed E-state index contributed by atoms with van der Waals surface area (Å²) in [5, 5.41) is 22.0. The molecule has 0 amide bonds. The summed E-state index contributed by atoms with van der Waals surface area (Å²) in [5.41, 5.74) is 4.02. The number of hydrogen-bond donors (Lipinski definition) is 2. The van der Waals surface area contributed by atoms with Gasteiger partial charge in [-0.05, 0) is 19.0 Å². The Morgan fingerprint density at radius 2 is 1.50 bits per heavy atom. The van der Waals surface area contributed by atoms with Gasteiger partial charge in [0.25, 0.3) is 0 Å². The molecule has 0 aromatic heterocycles. The summed E-state index contributed by atoms with van der Waals surface area (Å²) in [6.07, 6.45) is 1.12. The minimum absolute atomic E-state index is 0. The molecule has 0 aliphatic heterocycles. The molecule has 8 nitrogen and oxygen atoms in total. The van der Waals surface area contributed by atoms with Crippen LogP contribution < -0.4 is 10.7 Å². The Bertz CT molecular complexity index is 746. The fourth-order valence-corrected chi connectivity index (χ4v) is 1.42. The molecule has 0 heterocycles. The molecule has 0 atom stereocenters. The summed E-state index contributed by atoms with van der Waals surface area (Å²) >= 11 is 9.80. The second kappa shape index (κ2) is 13.2. The fourth-order valence-electron chi connectivity index (χ4n) is 1.28. The summed E-state index contributed by atoms with van der Waals surface area (Å²) in [5.74, 6) is -0.249. The van der Waals surface area contributed by atoms with Crippen molar-refractivity contribution in [1.29, 1.82) is 0 Å². The third-order valence-corrected chi connectivity index (χ3v) is 3.18. The van der Waals surface area contributed by atoms with Crippen molar-refractivity contribution in [1.82, 2.24) is 10.7 Å². The zero-order valence-electron chi connectivity index (χ0n) is 14.6. The Balaban J connectivity index is 0.00000625. The smallest absolute Gasteiger partial charge is 0.741 e. The van der Waals surface area contributed by atoms with Crippen LogP contribution in [0.4, 0.5) is 0 Å². The Hall–Kier alpha value is -2.10. The van der Waals surface area contributed by atoms with Crippen molar-refractivity contribution in [2.24, 2.45) is 25.5 Å². The molecule has 0 saturated carbocycles. The van der Waals surface area contributed by atoms with Crippen LogP contribution in [0.5, 0.6) is 0 Å². The van der Waals surface area contributed by atoms with Gasteiger partial charge in [0.15, 0.2) is 0 Å². The van der Waals surface area contributed by atoms with E-state index in [9.17, 15) is 4.79 Å². The van der Waals surface area contributed by atoms with Gasteiger partial charge < -0.3 is 30.6 Å². The molecule has 26 heavy (non-hydrogen) atoms. The van der Waals surface area contributed by atoms with E-state index in [1.165, 1.54) is 0 Å². The van der Waals surface area contributed by atoms with Crippen LogP contribution >= 0.6 is 0 Å². The van der Waals surface area contributed by atoms with Crippen LogP contribution in [0, 0.1) is 0 Å². The van der Waals surface area contributed by atoms with Crippen LogP contribution in [0.15, 0.2) is 55.8 Å². The standard InChI is InChI=1S/C15H19N7OS2.Zn/c1-10(18-21-14(24)16-3)11(2)19-22-15(25)20-17-9-13(23)12-7-5-4-6-8-12;/h4-9H,1-3H3,(H2,16,21,24)(H2,20,22,25);/q;+2/p-2/b17-9+,18-10?,19-11?;. The molecule has 0 aliphatic rings. The molecule has 0 unspecified atom stereocenters. The number of nitrogens with zero attached hydrogens (tertiary/aromatic N) is 5. The van der Waals surface area contributed by atoms with Gasteiger partial charge in [0.05, 0.1) is 17.6 Å². The topological polar surface area (TPSA) is 103 Å². The molecule has 2 N–H and O–H groups in total. The molecular formula is C15H17N7OS2Zn. The third-order valence-electron chi connectivity index (χ3n) is 2.72. The number of Topliss-reactive ketones (excluding diaryl/α,β-unsaturated/α-hetero) is 1. The van der Waals surface area contributed by atoms with Crippen molar-refractivity contribution < 1.29 is 24.3 Å². The molecule has 0 fully saturated rings. The maximum Gasteiger partial charge on any atom is 2.00 e. The first-order chi connectivity index (χ1) is 11.9. The van der Waals surface area contributed by atoms with Crippen molar-refractivity contribution in [3.8, 4) is 0 Å². The van der Waals surface area contributed by atoms with Gasteiger partial charge in [0.2, 0.25) is 5.78 Å². The molecule has 11 heteroatoms. The molecule has 132 valence electrons. The van der Waals surface area contributed by atoms with Crippen LogP contribution in [-0.4, -0.2) is 40.8 Å². The Labute approximate surface area is 176 Å². The summed E-state index contributed by atoms with van der Waals surface area (Å²) < 4.78 is 0. The molecular weight excluding hydrogens is 424 g/mol. The van der Waals surface area contributed by atoms with Crippen LogP contribution in [0.2, 0.25) is 0 Å². The van der Waals surface area contributed by atoms with Crippen LogP contribution in [0.25, 0.3) is 0 Å². The molecule has 0 bridgehead atoms. The Morgan fingerprint density at radius 3 is 2.04 bits per heavy atom. The van der Waals surface area contributed by atoms with E-state index in [0.717, 1.165) is 6.21 Å². The normalized spacial score (nSPS) is 13.3. The monoisotopic (exact) mass is 439 g/mol. The zero-order chi connectivity index (χ0) is 18.7. The van der Waals surface area contributed by atoms with Gasteiger partial charge in [-0.3, -0.25) is 10.2 Å². The van der Waals surface area contributed by atoms with E-state index in [1.807, 2.05) is 6.07 Å². The molecule has 0 saturated heterocycles. The first-order valence-electron chi connectivity index (χ1n) is 7.09. The summed E-state index contributed by atoms with van der Waals surface area (Å²) in [7, 11) is 1.65. The zero-order valence-corrected chi connectivity index (χ0v) is 19.2. The number of amidine groups is 2. The first kappa shape index (κ1) is 23.9. The molecule has 1 aromatic rings. The minimum atomic E-state index is -0.249. The number of carbonyl (C=O) groups is 1. The minimum Gasteiger partial charge on any atom is -0.741 e. The van der Waals surface area contributed by atoms with Crippen LogP contribution in [-0.2, 0) is 44.7 Å². The van der Waals surface area contributed by atoms with E-state index in [0.29, 0.717) is 17.0 Å². The second-order valence-corrected chi connectivity index (χ2v) is 5.30. The van der Waals surface area contributed by atoms with Gasteiger partial charge in [0, 0.05) is 17.8 Å². The quantitative estimate of drug-likeness (QED) is 0.173. The largest absolute Gasteiger partial charge is 2.00 e. The number of ketones is 1. The number of hydrogen-bond acceptors (Lipinski definition) is 8. The summed E-state index contributed by atoms with van der Waals surface area (Å²) in [6.45, 7) is 3.41. The van der Waals surface area contributed by atoms with Crippen molar-refractivity contribution >= 4 is 59.0 Å². The van der Waals surface area contributed by atoms with Gasteiger partial charge in [0.1, 0.15) is 0 Å². The van der Waals surface area contributed by atoms with E-state index in [2.05, 4.69) is 36.2 Å². The maximum atomic E-state index is 11.8. The molecule has 0 aliphatic carbocycles. The Morgan fingerprint density at radius 1 is 0.962 bits per heavy atom. The van der Waals surface area contributed by atoms with Gasteiger partial charge in [-0.2, -0.15) is 25.5 Å². The summed E-state index contributed by atoms with van der Waals surface area (Å²) in [4.78, 5) is 11.8. The van der Waals surface area contributed by atoms with Crippen LogP contribution in [0.1, 0.15) is 24.2 Å². The molecule has 1 aromatic carbocycles. The summed E-state index contributed by atoms with van der Waals surface area (Å²) in [6, 6.07) is 8.75. The number of rotatable bonds is 6. The van der Waals surface area contributed by atoms with Crippen molar-refractivity contribution in [3.63, 3.8) is 0 Å².